The first kappa shape index (κ1) is 28.4. The quantitative estimate of drug-likeness (QED) is 0.211. The maximum absolute atomic E-state index is 13.0. The summed E-state index contributed by atoms with van der Waals surface area (Å²) in [7, 11) is 0. The van der Waals surface area contributed by atoms with Gasteiger partial charge in [0, 0.05) is 18.3 Å². The molecule has 7 N–H and O–H groups in total. The molecule has 4 unspecified atom stereocenters. The van der Waals surface area contributed by atoms with Gasteiger partial charge in [-0.3, -0.25) is 14.4 Å². The van der Waals surface area contributed by atoms with E-state index in [1.54, 1.807) is 39.5 Å². The highest BCUT2D eigenvalue weighted by molar-refractivity contribution is 7.98. The Morgan fingerprint density at radius 1 is 1.03 bits per heavy atom. The zero-order valence-corrected chi connectivity index (χ0v) is 20.6. The molecule has 1 aromatic heterocycles. The van der Waals surface area contributed by atoms with Crippen LogP contribution in [0.3, 0.4) is 0 Å². The van der Waals surface area contributed by atoms with Crippen molar-refractivity contribution in [2.24, 2.45) is 17.6 Å². The van der Waals surface area contributed by atoms with Gasteiger partial charge in [-0.15, -0.1) is 0 Å². The topological polar surface area (TPSA) is 179 Å². The molecule has 12 heteroatoms. The molecule has 0 spiro atoms. The number of aliphatic carboxylic acids is 1. The summed E-state index contributed by atoms with van der Waals surface area (Å²) in [6, 6.07) is -3.84. The van der Waals surface area contributed by atoms with Crippen LogP contribution in [0.1, 0.15) is 39.8 Å². The Labute approximate surface area is 198 Å². The summed E-state index contributed by atoms with van der Waals surface area (Å²) in [5, 5.41) is 17.3. The minimum Gasteiger partial charge on any atom is -0.480 e. The van der Waals surface area contributed by atoms with Gasteiger partial charge in [-0.1, -0.05) is 27.7 Å². The minimum atomic E-state index is -1.21. The second kappa shape index (κ2) is 13.8. The molecule has 0 aliphatic carbocycles. The Morgan fingerprint density at radius 3 is 2.03 bits per heavy atom. The van der Waals surface area contributed by atoms with Gasteiger partial charge in [0.25, 0.3) is 0 Å². The number of aromatic nitrogens is 2. The number of aromatic amines is 1. The lowest BCUT2D eigenvalue weighted by atomic mass is 9.99. The van der Waals surface area contributed by atoms with Crippen LogP contribution in [-0.2, 0) is 25.6 Å². The number of hydrogen-bond acceptors (Lipinski definition) is 7. The third kappa shape index (κ3) is 9.42. The number of thioether (sulfide) groups is 1. The van der Waals surface area contributed by atoms with E-state index in [-0.39, 0.29) is 18.3 Å². The van der Waals surface area contributed by atoms with Crippen LogP contribution in [0, 0.1) is 11.8 Å². The molecule has 0 aliphatic heterocycles. The molecule has 0 radical (unpaired) electrons. The van der Waals surface area contributed by atoms with E-state index >= 15 is 0 Å². The van der Waals surface area contributed by atoms with E-state index in [2.05, 4.69) is 25.9 Å². The Morgan fingerprint density at radius 2 is 1.58 bits per heavy atom. The standard InChI is InChI=1S/C21H36N6O5S/c1-11(2)16(19(29)25-15(21(31)32)8-13-9-23-10-24-13)27-20(30)17(12(3)4)26-18(28)14(22)6-7-33-5/h9-12,14-17H,6-8,22H2,1-5H3,(H,23,24)(H,25,29)(H,26,28)(H,27,30)(H,31,32). The normalized spacial score (nSPS) is 14.9. The molecular formula is C21H36N6O5S. The summed E-state index contributed by atoms with van der Waals surface area (Å²) in [6.07, 6.45) is 5.29. The number of carboxylic acids is 1. The fourth-order valence-electron chi connectivity index (χ4n) is 3.03. The fraction of sp³-hybridized carbons (Fsp3) is 0.667. The maximum atomic E-state index is 13.0. The van der Waals surface area contributed by atoms with Crippen molar-refractivity contribution in [3.05, 3.63) is 18.2 Å². The lowest BCUT2D eigenvalue weighted by Gasteiger charge is -2.28. The highest BCUT2D eigenvalue weighted by atomic mass is 32.2. The monoisotopic (exact) mass is 484 g/mol. The number of nitrogens with one attached hydrogen (secondary N) is 4. The number of carboxylic acid groups (broad SMARTS) is 1. The number of hydrogen-bond donors (Lipinski definition) is 6. The van der Waals surface area contributed by atoms with Crippen LogP contribution in [-0.4, -0.2) is 74.9 Å². The number of amides is 3. The molecule has 0 bridgehead atoms. The van der Waals surface area contributed by atoms with Crippen molar-refractivity contribution in [1.82, 2.24) is 25.9 Å². The number of H-pyrrole nitrogens is 1. The van der Waals surface area contributed by atoms with Crippen LogP contribution < -0.4 is 21.7 Å². The van der Waals surface area contributed by atoms with Crippen molar-refractivity contribution in [2.45, 2.75) is 64.7 Å². The summed E-state index contributed by atoms with van der Waals surface area (Å²) >= 11 is 1.57. The summed E-state index contributed by atoms with van der Waals surface area (Å²) in [5.41, 5.74) is 6.45. The van der Waals surface area contributed by atoms with E-state index in [1.165, 1.54) is 12.5 Å². The Bertz CT molecular complexity index is 786. The van der Waals surface area contributed by atoms with E-state index in [4.69, 9.17) is 5.73 Å². The molecule has 0 saturated heterocycles. The molecule has 33 heavy (non-hydrogen) atoms. The molecule has 0 saturated carbocycles. The average Bonchev–Trinajstić information content (AvgIpc) is 3.25. The third-order valence-electron chi connectivity index (χ3n) is 5.06. The van der Waals surface area contributed by atoms with Gasteiger partial charge >= 0.3 is 5.97 Å². The van der Waals surface area contributed by atoms with Gasteiger partial charge in [0.15, 0.2) is 0 Å². The predicted molar refractivity (Wildman–Crippen MR) is 126 cm³/mol. The van der Waals surface area contributed by atoms with Crippen molar-refractivity contribution in [1.29, 1.82) is 0 Å². The molecule has 1 aromatic rings. The lowest BCUT2D eigenvalue weighted by Crippen LogP contribution is -2.59. The smallest absolute Gasteiger partial charge is 0.326 e. The second-order valence-corrected chi connectivity index (χ2v) is 9.51. The zero-order valence-electron chi connectivity index (χ0n) is 19.8. The van der Waals surface area contributed by atoms with Crippen LogP contribution in [0.15, 0.2) is 12.5 Å². The first-order valence-electron chi connectivity index (χ1n) is 10.8. The highest BCUT2D eigenvalue weighted by Crippen LogP contribution is 2.09. The summed E-state index contributed by atoms with van der Waals surface area (Å²) in [4.78, 5) is 56.5. The molecule has 186 valence electrons. The Kier molecular flexibility index (Phi) is 11.9. The first-order chi connectivity index (χ1) is 15.5. The Balaban J connectivity index is 2.87. The molecule has 3 amide bonds. The predicted octanol–water partition coefficient (Wildman–Crippen LogP) is -0.116. The molecular weight excluding hydrogens is 448 g/mol. The van der Waals surface area contributed by atoms with Gasteiger partial charge in [-0.2, -0.15) is 11.8 Å². The highest BCUT2D eigenvalue weighted by Gasteiger charge is 2.33. The van der Waals surface area contributed by atoms with Crippen LogP contribution >= 0.6 is 11.8 Å². The van der Waals surface area contributed by atoms with Gasteiger partial charge in [0.05, 0.1) is 12.4 Å². The number of rotatable bonds is 14. The third-order valence-corrected chi connectivity index (χ3v) is 5.70. The van der Waals surface area contributed by atoms with Crippen LogP contribution in [0.5, 0.6) is 0 Å². The summed E-state index contributed by atoms with van der Waals surface area (Å²) in [6.45, 7) is 7.01. The van der Waals surface area contributed by atoms with Crippen molar-refractivity contribution in [3.8, 4) is 0 Å². The fourth-order valence-corrected chi connectivity index (χ4v) is 3.52. The van der Waals surface area contributed by atoms with E-state index < -0.39 is 47.9 Å². The maximum Gasteiger partial charge on any atom is 0.326 e. The SMILES string of the molecule is CSCCC(N)C(=O)NC(C(=O)NC(C(=O)NC(Cc1cnc[nH]1)C(=O)O)C(C)C)C(C)C. The first-order valence-corrected chi connectivity index (χ1v) is 12.2. The number of nitrogens with zero attached hydrogens (tertiary/aromatic N) is 1. The van der Waals surface area contributed by atoms with Crippen molar-refractivity contribution < 1.29 is 24.3 Å². The minimum absolute atomic E-state index is 0.0123. The van der Waals surface area contributed by atoms with Crippen molar-refractivity contribution >= 4 is 35.5 Å². The zero-order chi connectivity index (χ0) is 25.1. The van der Waals surface area contributed by atoms with Crippen molar-refractivity contribution in [3.63, 3.8) is 0 Å². The van der Waals surface area contributed by atoms with E-state index in [9.17, 15) is 24.3 Å². The number of imidazole rings is 1. The second-order valence-electron chi connectivity index (χ2n) is 8.53. The number of carbonyl (C=O) groups is 4. The van der Waals surface area contributed by atoms with E-state index in [0.717, 1.165) is 0 Å². The summed E-state index contributed by atoms with van der Waals surface area (Å²) in [5.74, 6) is -2.69. The van der Waals surface area contributed by atoms with Gasteiger partial charge in [-0.25, -0.2) is 9.78 Å². The number of carbonyl (C=O) groups excluding carboxylic acids is 3. The molecule has 0 aromatic carbocycles. The van der Waals surface area contributed by atoms with Gasteiger partial charge < -0.3 is 31.8 Å². The molecule has 0 fully saturated rings. The molecule has 0 aliphatic rings. The Hall–Kier alpha value is -2.60. The van der Waals surface area contributed by atoms with Gasteiger partial charge in [0.1, 0.15) is 18.1 Å². The molecule has 1 rings (SSSR count). The molecule has 11 nitrogen and oxygen atoms in total. The average molecular weight is 485 g/mol. The summed E-state index contributed by atoms with van der Waals surface area (Å²) < 4.78 is 0. The van der Waals surface area contributed by atoms with Gasteiger partial charge in [0.2, 0.25) is 17.7 Å². The largest absolute Gasteiger partial charge is 0.480 e. The van der Waals surface area contributed by atoms with Crippen LogP contribution in [0.25, 0.3) is 0 Å². The van der Waals surface area contributed by atoms with Gasteiger partial charge in [-0.05, 0) is 30.3 Å². The van der Waals surface area contributed by atoms with Crippen LogP contribution in [0.2, 0.25) is 0 Å². The number of nitrogens with two attached hydrogens (primary N) is 1. The van der Waals surface area contributed by atoms with Crippen molar-refractivity contribution in [2.75, 3.05) is 12.0 Å². The lowest BCUT2D eigenvalue weighted by molar-refractivity contribution is -0.142. The molecule has 1 heterocycles. The van der Waals surface area contributed by atoms with E-state index in [1.807, 2.05) is 6.26 Å². The van der Waals surface area contributed by atoms with E-state index in [0.29, 0.717) is 17.9 Å². The molecule has 4 atom stereocenters. The van der Waals surface area contributed by atoms with Crippen LogP contribution in [0.4, 0.5) is 0 Å².